The van der Waals surface area contributed by atoms with Gasteiger partial charge in [0.2, 0.25) is 5.91 Å². The number of fused-ring (bicyclic) bond motifs is 1. The first kappa shape index (κ1) is 18.2. The van der Waals surface area contributed by atoms with Crippen LogP contribution in [0.2, 0.25) is 0 Å². The van der Waals surface area contributed by atoms with E-state index in [4.69, 9.17) is 0 Å². The standard InChI is InChI=1S/C23H24FN3O2/c24-18-11-16-7-8-21(28)25-19(16)12-20(18)26-22(29)27-13-17(15-5-2-1-3-6-15)23(14-27)9-4-10-23/h1-3,5-6,11-12,17H,4,7-10,13-14H2,(H,25,28)(H,26,29). The number of carbonyl (C=O) groups is 2. The Hall–Kier alpha value is -2.89. The number of benzene rings is 2. The first-order valence-electron chi connectivity index (χ1n) is 10.3. The van der Waals surface area contributed by atoms with E-state index in [0.29, 0.717) is 37.5 Å². The molecule has 0 aromatic heterocycles. The van der Waals surface area contributed by atoms with Gasteiger partial charge >= 0.3 is 6.03 Å². The molecule has 2 N–H and O–H groups in total. The van der Waals surface area contributed by atoms with Gasteiger partial charge in [-0.1, -0.05) is 36.8 Å². The fourth-order valence-corrected chi connectivity index (χ4v) is 5.09. The molecule has 2 aliphatic heterocycles. The van der Waals surface area contributed by atoms with Crippen LogP contribution in [0.4, 0.5) is 20.6 Å². The highest BCUT2D eigenvalue weighted by Gasteiger charge is 2.51. The molecular formula is C23H24FN3O2. The van der Waals surface area contributed by atoms with Crippen molar-refractivity contribution >= 4 is 23.3 Å². The third-order valence-electron chi connectivity index (χ3n) is 6.82. The minimum Gasteiger partial charge on any atom is -0.326 e. The molecule has 1 atom stereocenters. The van der Waals surface area contributed by atoms with Crippen LogP contribution < -0.4 is 10.6 Å². The number of hydrogen-bond acceptors (Lipinski definition) is 2. The molecule has 1 saturated carbocycles. The Labute approximate surface area is 169 Å². The van der Waals surface area contributed by atoms with E-state index in [1.54, 1.807) is 0 Å². The molecule has 2 fully saturated rings. The van der Waals surface area contributed by atoms with Crippen LogP contribution in [-0.4, -0.2) is 29.9 Å². The number of aryl methyl sites for hydroxylation is 1. The lowest BCUT2D eigenvalue weighted by Crippen LogP contribution is -2.39. The topological polar surface area (TPSA) is 61.4 Å². The number of urea groups is 1. The highest BCUT2D eigenvalue weighted by atomic mass is 19.1. The summed E-state index contributed by atoms with van der Waals surface area (Å²) >= 11 is 0. The molecule has 29 heavy (non-hydrogen) atoms. The molecular weight excluding hydrogens is 369 g/mol. The minimum atomic E-state index is -0.467. The largest absolute Gasteiger partial charge is 0.326 e. The van der Waals surface area contributed by atoms with Gasteiger partial charge in [-0.15, -0.1) is 0 Å². The maximum absolute atomic E-state index is 14.5. The van der Waals surface area contributed by atoms with Crippen molar-refractivity contribution in [2.24, 2.45) is 5.41 Å². The van der Waals surface area contributed by atoms with Crippen LogP contribution in [0.15, 0.2) is 42.5 Å². The molecule has 3 aliphatic rings. The zero-order valence-electron chi connectivity index (χ0n) is 16.2. The Balaban J connectivity index is 1.35. The predicted molar refractivity (Wildman–Crippen MR) is 109 cm³/mol. The maximum Gasteiger partial charge on any atom is 0.321 e. The number of rotatable bonds is 2. The quantitative estimate of drug-likeness (QED) is 0.789. The molecule has 2 heterocycles. The summed E-state index contributed by atoms with van der Waals surface area (Å²) in [6.45, 7) is 1.33. The van der Waals surface area contributed by atoms with Crippen molar-refractivity contribution in [2.75, 3.05) is 23.7 Å². The van der Waals surface area contributed by atoms with Crippen molar-refractivity contribution in [3.63, 3.8) is 0 Å². The number of likely N-dealkylation sites (tertiary alicyclic amines) is 1. The van der Waals surface area contributed by atoms with E-state index in [0.717, 1.165) is 18.4 Å². The minimum absolute atomic E-state index is 0.0847. The lowest BCUT2D eigenvalue weighted by molar-refractivity contribution is -0.116. The Kier molecular flexibility index (Phi) is 4.30. The van der Waals surface area contributed by atoms with Gasteiger partial charge in [0.15, 0.2) is 0 Å². The summed E-state index contributed by atoms with van der Waals surface area (Å²) in [6.07, 6.45) is 4.30. The molecule has 0 bridgehead atoms. The van der Waals surface area contributed by atoms with E-state index in [9.17, 15) is 14.0 Å². The normalized spacial score (nSPS) is 22.0. The van der Waals surface area contributed by atoms with Gasteiger partial charge in [-0.2, -0.15) is 0 Å². The maximum atomic E-state index is 14.5. The van der Waals surface area contributed by atoms with Gasteiger partial charge in [0.25, 0.3) is 0 Å². The highest BCUT2D eigenvalue weighted by molar-refractivity contribution is 5.96. The zero-order chi connectivity index (χ0) is 20.0. The number of nitrogens with zero attached hydrogens (tertiary/aromatic N) is 1. The third-order valence-corrected chi connectivity index (χ3v) is 6.82. The summed E-state index contributed by atoms with van der Waals surface area (Å²) in [5.41, 5.74) is 2.86. The summed E-state index contributed by atoms with van der Waals surface area (Å²) in [5, 5.41) is 5.50. The second kappa shape index (κ2) is 6.87. The van der Waals surface area contributed by atoms with Crippen LogP contribution in [0.25, 0.3) is 0 Å². The molecule has 2 aromatic carbocycles. The highest BCUT2D eigenvalue weighted by Crippen LogP contribution is 2.55. The van der Waals surface area contributed by atoms with Gasteiger partial charge in [-0.3, -0.25) is 4.79 Å². The second-order valence-corrected chi connectivity index (χ2v) is 8.53. The monoisotopic (exact) mass is 393 g/mol. The first-order valence-corrected chi connectivity index (χ1v) is 10.3. The van der Waals surface area contributed by atoms with Gasteiger partial charge in [0.05, 0.1) is 5.69 Å². The van der Waals surface area contributed by atoms with Crippen LogP contribution in [0.3, 0.4) is 0 Å². The molecule has 6 heteroatoms. The molecule has 5 nitrogen and oxygen atoms in total. The zero-order valence-corrected chi connectivity index (χ0v) is 16.2. The average molecular weight is 393 g/mol. The number of halogens is 1. The van der Waals surface area contributed by atoms with Crippen molar-refractivity contribution in [3.05, 3.63) is 59.4 Å². The molecule has 1 unspecified atom stereocenters. The van der Waals surface area contributed by atoms with Crippen molar-refractivity contribution in [3.8, 4) is 0 Å². The van der Waals surface area contributed by atoms with Crippen LogP contribution in [0, 0.1) is 11.2 Å². The molecule has 5 rings (SSSR count). The number of carbonyl (C=O) groups excluding carboxylic acids is 2. The molecule has 0 radical (unpaired) electrons. The number of amides is 3. The average Bonchev–Trinajstić information content (AvgIpc) is 3.11. The Morgan fingerprint density at radius 1 is 1.17 bits per heavy atom. The Morgan fingerprint density at radius 3 is 2.69 bits per heavy atom. The van der Waals surface area contributed by atoms with E-state index in [1.165, 1.54) is 24.1 Å². The van der Waals surface area contributed by atoms with Crippen LogP contribution in [0.1, 0.15) is 42.7 Å². The Morgan fingerprint density at radius 2 is 1.97 bits per heavy atom. The van der Waals surface area contributed by atoms with Crippen LogP contribution >= 0.6 is 0 Å². The number of nitrogens with one attached hydrogen (secondary N) is 2. The summed E-state index contributed by atoms with van der Waals surface area (Å²) in [4.78, 5) is 26.4. The molecule has 1 aliphatic carbocycles. The lowest BCUT2D eigenvalue weighted by Gasteiger charge is -2.43. The van der Waals surface area contributed by atoms with Crippen LogP contribution in [0.5, 0.6) is 0 Å². The van der Waals surface area contributed by atoms with Crippen molar-refractivity contribution in [2.45, 2.75) is 38.0 Å². The van der Waals surface area contributed by atoms with E-state index >= 15 is 0 Å². The second-order valence-electron chi connectivity index (χ2n) is 8.53. The SMILES string of the molecule is O=C1CCc2cc(F)c(NC(=O)N3CC(c4ccccc4)C4(CCC4)C3)cc2N1. The molecule has 3 amide bonds. The van der Waals surface area contributed by atoms with Gasteiger partial charge in [-0.05, 0) is 47.9 Å². The van der Waals surface area contributed by atoms with Crippen molar-refractivity contribution < 1.29 is 14.0 Å². The summed E-state index contributed by atoms with van der Waals surface area (Å²) in [6, 6.07) is 13.0. The molecule has 150 valence electrons. The Bertz CT molecular complexity index is 972. The van der Waals surface area contributed by atoms with E-state index in [1.807, 2.05) is 23.1 Å². The fourth-order valence-electron chi connectivity index (χ4n) is 5.09. The predicted octanol–water partition coefficient (Wildman–Crippen LogP) is 4.51. The van der Waals surface area contributed by atoms with Gasteiger partial charge in [-0.25, -0.2) is 9.18 Å². The summed E-state index contributed by atoms with van der Waals surface area (Å²) < 4.78 is 14.5. The summed E-state index contributed by atoms with van der Waals surface area (Å²) in [7, 11) is 0. The molecule has 2 aromatic rings. The molecule has 1 saturated heterocycles. The number of hydrogen-bond donors (Lipinski definition) is 2. The van der Waals surface area contributed by atoms with E-state index < -0.39 is 5.82 Å². The van der Waals surface area contributed by atoms with Gasteiger partial charge in [0.1, 0.15) is 5.82 Å². The van der Waals surface area contributed by atoms with Crippen molar-refractivity contribution in [1.82, 2.24) is 4.90 Å². The van der Waals surface area contributed by atoms with Gasteiger partial charge in [0, 0.05) is 31.1 Å². The van der Waals surface area contributed by atoms with E-state index in [-0.39, 0.29) is 23.0 Å². The van der Waals surface area contributed by atoms with Crippen LogP contribution in [-0.2, 0) is 11.2 Å². The summed E-state index contributed by atoms with van der Waals surface area (Å²) in [5.74, 6) is -0.236. The van der Waals surface area contributed by atoms with E-state index in [2.05, 4.69) is 22.8 Å². The van der Waals surface area contributed by atoms with Crippen molar-refractivity contribution in [1.29, 1.82) is 0 Å². The lowest BCUT2D eigenvalue weighted by atomic mass is 9.61. The molecule has 1 spiro atoms. The first-order chi connectivity index (χ1) is 14.0. The fraction of sp³-hybridized carbons (Fsp3) is 0.391. The number of anilines is 2. The van der Waals surface area contributed by atoms with Gasteiger partial charge < -0.3 is 15.5 Å². The third kappa shape index (κ3) is 3.16. The smallest absolute Gasteiger partial charge is 0.321 e.